The monoisotopic (exact) mass is 266 g/mol. The van der Waals surface area contributed by atoms with Crippen molar-refractivity contribution in [2.24, 2.45) is 0 Å². The van der Waals surface area contributed by atoms with Gasteiger partial charge in [0.1, 0.15) is 5.75 Å². The molecule has 1 aromatic heterocycles. The Labute approximate surface area is 114 Å². The van der Waals surface area contributed by atoms with Crippen molar-refractivity contribution in [2.75, 3.05) is 18.1 Å². The predicted molar refractivity (Wildman–Crippen MR) is 77.2 cm³/mol. The van der Waals surface area contributed by atoms with Crippen molar-refractivity contribution in [2.45, 2.75) is 38.8 Å². The van der Waals surface area contributed by atoms with Gasteiger partial charge in [-0.15, -0.1) is 0 Å². The zero-order valence-corrected chi connectivity index (χ0v) is 11.8. The van der Waals surface area contributed by atoms with Crippen LogP contribution >= 0.6 is 11.8 Å². The Balaban J connectivity index is 1.63. The highest BCUT2D eigenvalue weighted by Gasteiger charge is 2.19. The Hall–Kier alpha value is -0.740. The van der Waals surface area contributed by atoms with Crippen LogP contribution in [0.4, 0.5) is 0 Å². The summed E-state index contributed by atoms with van der Waals surface area (Å²) < 4.78 is 5.65. The zero-order chi connectivity index (χ0) is 12.6. The van der Waals surface area contributed by atoms with Crippen LogP contribution < -0.4 is 10.1 Å². The fourth-order valence-corrected chi connectivity index (χ4v) is 2.24. The summed E-state index contributed by atoms with van der Waals surface area (Å²) >= 11 is 1.96. The molecule has 0 aliphatic heterocycles. The van der Waals surface area contributed by atoms with Gasteiger partial charge in [0, 0.05) is 12.6 Å². The molecule has 18 heavy (non-hydrogen) atoms. The normalized spacial score (nSPS) is 14.7. The van der Waals surface area contributed by atoms with Gasteiger partial charge in [0.25, 0.3) is 0 Å². The molecule has 1 aromatic rings. The molecule has 0 amide bonds. The van der Waals surface area contributed by atoms with Crippen LogP contribution in [-0.2, 0) is 6.54 Å². The van der Waals surface area contributed by atoms with Crippen molar-refractivity contribution in [1.82, 2.24) is 10.3 Å². The summed E-state index contributed by atoms with van der Waals surface area (Å²) in [5.74, 6) is 3.24. The van der Waals surface area contributed by atoms with Crippen molar-refractivity contribution in [1.29, 1.82) is 0 Å². The summed E-state index contributed by atoms with van der Waals surface area (Å²) in [5.41, 5.74) is 1.09. The first kappa shape index (κ1) is 13.7. The van der Waals surface area contributed by atoms with Crippen LogP contribution in [0.1, 0.15) is 31.9 Å². The number of pyridine rings is 1. The third-order valence-corrected chi connectivity index (χ3v) is 3.84. The molecule has 1 heterocycles. The van der Waals surface area contributed by atoms with Gasteiger partial charge in [-0.25, -0.2) is 0 Å². The summed E-state index contributed by atoms with van der Waals surface area (Å²) in [6, 6.07) is 4.80. The third-order valence-electron chi connectivity index (χ3n) is 2.85. The van der Waals surface area contributed by atoms with Gasteiger partial charge in [0.05, 0.1) is 18.5 Å². The number of hydrogen-bond acceptors (Lipinski definition) is 4. The van der Waals surface area contributed by atoms with Gasteiger partial charge in [-0.3, -0.25) is 4.98 Å². The van der Waals surface area contributed by atoms with Gasteiger partial charge >= 0.3 is 0 Å². The molecule has 0 aromatic carbocycles. The first-order valence-corrected chi connectivity index (χ1v) is 7.93. The van der Waals surface area contributed by atoms with E-state index in [9.17, 15) is 0 Å². The number of rotatable bonds is 9. The molecule has 0 unspecified atom stereocenters. The lowest BCUT2D eigenvalue weighted by Gasteiger charge is -2.07. The van der Waals surface area contributed by atoms with Crippen molar-refractivity contribution in [3.63, 3.8) is 0 Å². The number of hydrogen-bond donors (Lipinski definition) is 1. The molecule has 0 atom stereocenters. The summed E-state index contributed by atoms with van der Waals surface area (Å²) in [4.78, 5) is 4.40. The van der Waals surface area contributed by atoms with Crippen molar-refractivity contribution in [3.8, 4) is 5.75 Å². The quantitative estimate of drug-likeness (QED) is 0.697. The molecule has 1 aliphatic carbocycles. The average molecular weight is 266 g/mol. The maximum atomic E-state index is 5.65. The second-order valence-electron chi connectivity index (χ2n) is 4.54. The minimum Gasteiger partial charge on any atom is -0.492 e. The second kappa shape index (κ2) is 7.64. The van der Waals surface area contributed by atoms with E-state index in [4.69, 9.17) is 4.74 Å². The van der Waals surface area contributed by atoms with Crippen LogP contribution in [0.25, 0.3) is 0 Å². The number of aromatic nitrogens is 1. The molecule has 1 aliphatic rings. The van der Waals surface area contributed by atoms with Crippen LogP contribution in [-0.4, -0.2) is 29.1 Å². The molecule has 100 valence electrons. The highest BCUT2D eigenvalue weighted by Crippen LogP contribution is 2.19. The van der Waals surface area contributed by atoms with E-state index in [1.54, 1.807) is 0 Å². The van der Waals surface area contributed by atoms with Crippen molar-refractivity contribution in [3.05, 3.63) is 24.0 Å². The lowest BCUT2D eigenvalue weighted by molar-refractivity contribution is 0.317. The molecule has 1 N–H and O–H groups in total. The van der Waals surface area contributed by atoms with E-state index >= 15 is 0 Å². The predicted octanol–water partition coefficient (Wildman–Crippen LogP) is 2.86. The van der Waals surface area contributed by atoms with Gasteiger partial charge in [-0.1, -0.05) is 6.92 Å². The second-order valence-corrected chi connectivity index (χ2v) is 5.93. The standard InChI is InChI=1S/C14H22N2OS/c1-2-18-9-3-8-17-14-7-6-13(16-11-14)10-15-12-4-5-12/h6-7,11-12,15H,2-5,8-10H2,1H3. The zero-order valence-electron chi connectivity index (χ0n) is 11.0. The SMILES string of the molecule is CCSCCCOc1ccc(CNC2CC2)nc1. The molecular formula is C14H22N2OS. The number of thioether (sulfide) groups is 1. The topological polar surface area (TPSA) is 34.1 Å². The van der Waals surface area contributed by atoms with Gasteiger partial charge in [-0.2, -0.15) is 11.8 Å². The van der Waals surface area contributed by atoms with Crippen LogP contribution in [0, 0.1) is 0 Å². The molecule has 0 saturated heterocycles. The Morgan fingerprint density at radius 2 is 2.33 bits per heavy atom. The van der Waals surface area contributed by atoms with Crippen LogP contribution in [0.3, 0.4) is 0 Å². The maximum absolute atomic E-state index is 5.65. The summed E-state index contributed by atoms with van der Waals surface area (Å²) in [7, 11) is 0. The number of nitrogens with one attached hydrogen (secondary N) is 1. The van der Waals surface area contributed by atoms with Gasteiger partial charge < -0.3 is 10.1 Å². The van der Waals surface area contributed by atoms with Gasteiger partial charge in [0.2, 0.25) is 0 Å². The first-order valence-electron chi connectivity index (χ1n) is 6.77. The van der Waals surface area contributed by atoms with E-state index in [0.29, 0.717) is 0 Å². The van der Waals surface area contributed by atoms with E-state index in [1.165, 1.54) is 24.3 Å². The first-order chi connectivity index (χ1) is 8.88. The summed E-state index contributed by atoms with van der Waals surface area (Å²) in [6.07, 6.45) is 5.56. The minimum absolute atomic E-state index is 0.735. The van der Waals surface area contributed by atoms with E-state index < -0.39 is 0 Å². The van der Waals surface area contributed by atoms with Crippen molar-refractivity contribution < 1.29 is 4.74 Å². The molecule has 0 bridgehead atoms. The lowest BCUT2D eigenvalue weighted by Crippen LogP contribution is -2.16. The average Bonchev–Trinajstić information content (AvgIpc) is 3.22. The van der Waals surface area contributed by atoms with E-state index in [2.05, 4.69) is 17.2 Å². The van der Waals surface area contributed by atoms with Crippen molar-refractivity contribution >= 4 is 11.8 Å². The highest BCUT2D eigenvalue weighted by molar-refractivity contribution is 7.99. The van der Waals surface area contributed by atoms with Gasteiger partial charge in [0.15, 0.2) is 0 Å². The Bertz CT molecular complexity index is 338. The number of ether oxygens (including phenoxy) is 1. The molecule has 2 rings (SSSR count). The van der Waals surface area contributed by atoms with E-state index in [0.717, 1.165) is 37.1 Å². The molecule has 0 spiro atoms. The molecule has 1 fully saturated rings. The van der Waals surface area contributed by atoms with Crippen LogP contribution in [0.2, 0.25) is 0 Å². The minimum atomic E-state index is 0.735. The van der Waals surface area contributed by atoms with E-state index in [1.807, 2.05) is 30.1 Å². The largest absolute Gasteiger partial charge is 0.492 e. The summed E-state index contributed by atoms with van der Waals surface area (Å²) in [5, 5.41) is 3.45. The summed E-state index contributed by atoms with van der Waals surface area (Å²) in [6.45, 7) is 3.84. The number of nitrogens with zero attached hydrogens (tertiary/aromatic N) is 1. The molecule has 0 radical (unpaired) electrons. The Morgan fingerprint density at radius 1 is 1.44 bits per heavy atom. The smallest absolute Gasteiger partial charge is 0.137 e. The molecular weight excluding hydrogens is 244 g/mol. The molecule has 4 heteroatoms. The molecule has 3 nitrogen and oxygen atoms in total. The highest BCUT2D eigenvalue weighted by atomic mass is 32.2. The fourth-order valence-electron chi connectivity index (χ4n) is 1.63. The Morgan fingerprint density at radius 3 is 3.00 bits per heavy atom. The van der Waals surface area contributed by atoms with Gasteiger partial charge in [-0.05, 0) is 42.9 Å². The molecule has 1 saturated carbocycles. The van der Waals surface area contributed by atoms with Crippen LogP contribution in [0.5, 0.6) is 5.75 Å². The van der Waals surface area contributed by atoms with Crippen LogP contribution in [0.15, 0.2) is 18.3 Å². The maximum Gasteiger partial charge on any atom is 0.137 e. The fraction of sp³-hybridized carbons (Fsp3) is 0.643. The lowest BCUT2D eigenvalue weighted by atomic mass is 10.3. The third kappa shape index (κ3) is 5.27. The van der Waals surface area contributed by atoms with E-state index in [-0.39, 0.29) is 0 Å². The Kier molecular flexibility index (Phi) is 5.81.